The summed E-state index contributed by atoms with van der Waals surface area (Å²) in [6.45, 7) is 4.72. The van der Waals surface area contributed by atoms with Gasteiger partial charge in [-0.05, 0) is 13.8 Å². The average Bonchev–Trinajstić information content (AvgIpc) is 2.36. The van der Waals surface area contributed by atoms with E-state index >= 15 is 0 Å². The van der Waals surface area contributed by atoms with Crippen molar-refractivity contribution < 1.29 is 24.0 Å². The molecule has 1 saturated heterocycles. The lowest BCUT2D eigenvalue weighted by Crippen LogP contribution is -2.48. The van der Waals surface area contributed by atoms with E-state index in [1.807, 2.05) is 13.8 Å². The minimum absolute atomic E-state index is 0.0684. The highest BCUT2D eigenvalue weighted by Gasteiger charge is 2.32. The van der Waals surface area contributed by atoms with Crippen LogP contribution in [0.25, 0.3) is 0 Å². The van der Waals surface area contributed by atoms with Gasteiger partial charge in [0.2, 0.25) is 0 Å². The van der Waals surface area contributed by atoms with E-state index in [9.17, 15) is 19.3 Å². The molecule has 0 bridgehead atoms. The molecule has 1 aromatic carbocycles. The van der Waals surface area contributed by atoms with Gasteiger partial charge in [-0.25, -0.2) is 9.18 Å². The molecule has 0 unspecified atom stereocenters. The molecular weight excluding hydrogens is 283 g/mol. The number of ether oxygens (including phenoxy) is 1. The monoisotopic (exact) mass is 298 g/mol. The van der Waals surface area contributed by atoms with E-state index in [1.165, 1.54) is 0 Å². The first-order chi connectivity index (χ1) is 9.71. The summed E-state index contributed by atoms with van der Waals surface area (Å²) < 4.78 is 19.3. The van der Waals surface area contributed by atoms with E-state index in [0.29, 0.717) is 19.7 Å². The molecule has 1 aliphatic heterocycles. The number of nitro groups is 1. The van der Waals surface area contributed by atoms with Gasteiger partial charge >= 0.3 is 5.97 Å². The first kappa shape index (κ1) is 15.2. The lowest BCUT2D eigenvalue weighted by atomic mass is 10.1. The van der Waals surface area contributed by atoms with Gasteiger partial charge in [-0.2, -0.15) is 0 Å². The number of morpholine rings is 1. The molecule has 0 atom stereocenters. The smallest absolute Gasteiger partial charge is 0.338 e. The molecule has 0 aliphatic carbocycles. The van der Waals surface area contributed by atoms with Crippen molar-refractivity contribution in [2.45, 2.75) is 19.4 Å². The molecule has 1 heterocycles. The number of benzene rings is 1. The van der Waals surface area contributed by atoms with Gasteiger partial charge in [0, 0.05) is 25.2 Å². The van der Waals surface area contributed by atoms with Crippen LogP contribution in [-0.4, -0.2) is 41.3 Å². The minimum atomic E-state index is -1.54. The Morgan fingerprint density at radius 2 is 2.19 bits per heavy atom. The molecule has 0 amide bonds. The molecule has 1 fully saturated rings. The maximum absolute atomic E-state index is 13.8. The molecule has 1 aliphatic rings. The zero-order valence-electron chi connectivity index (χ0n) is 11.6. The zero-order chi connectivity index (χ0) is 15.8. The SMILES string of the molecule is CC1(C)CN(c2cc(F)c(C(=O)O)cc2[N+](=O)[O-])CCO1. The van der Waals surface area contributed by atoms with Gasteiger partial charge in [-0.15, -0.1) is 0 Å². The van der Waals surface area contributed by atoms with Crippen molar-refractivity contribution in [3.05, 3.63) is 33.6 Å². The summed E-state index contributed by atoms with van der Waals surface area (Å²) in [6.07, 6.45) is 0. The van der Waals surface area contributed by atoms with Crippen molar-refractivity contribution in [3.63, 3.8) is 0 Å². The predicted molar refractivity (Wildman–Crippen MR) is 72.3 cm³/mol. The zero-order valence-corrected chi connectivity index (χ0v) is 11.6. The summed E-state index contributed by atoms with van der Waals surface area (Å²) in [5, 5.41) is 20.0. The minimum Gasteiger partial charge on any atom is -0.478 e. The van der Waals surface area contributed by atoms with Gasteiger partial charge in [0.05, 0.1) is 17.1 Å². The normalized spacial score (nSPS) is 17.6. The molecule has 1 aromatic rings. The number of rotatable bonds is 3. The number of anilines is 1. The van der Waals surface area contributed by atoms with Crippen molar-refractivity contribution in [2.24, 2.45) is 0 Å². The average molecular weight is 298 g/mol. The summed E-state index contributed by atoms with van der Waals surface area (Å²) in [5.74, 6) is -2.53. The largest absolute Gasteiger partial charge is 0.478 e. The number of aromatic carboxylic acids is 1. The summed E-state index contributed by atoms with van der Waals surface area (Å²) in [4.78, 5) is 23.0. The summed E-state index contributed by atoms with van der Waals surface area (Å²) in [7, 11) is 0. The van der Waals surface area contributed by atoms with Crippen LogP contribution in [0.2, 0.25) is 0 Å². The van der Waals surface area contributed by atoms with E-state index in [1.54, 1.807) is 4.90 Å². The molecule has 0 saturated carbocycles. The molecule has 21 heavy (non-hydrogen) atoms. The van der Waals surface area contributed by atoms with E-state index in [2.05, 4.69) is 0 Å². The molecule has 8 heteroatoms. The molecule has 114 valence electrons. The van der Waals surface area contributed by atoms with Crippen LogP contribution < -0.4 is 4.90 Å². The Kier molecular flexibility index (Phi) is 3.82. The Hall–Kier alpha value is -2.22. The van der Waals surface area contributed by atoms with E-state index in [-0.39, 0.29) is 5.69 Å². The molecule has 7 nitrogen and oxygen atoms in total. The summed E-state index contributed by atoms with van der Waals surface area (Å²) in [6, 6.07) is 1.67. The highest BCUT2D eigenvalue weighted by atomic mass is 19.1. The second-order valence-electron chi connectivity index (χ2n) is 5.41. The predicted octanol–water partition coefficient (Wildman–Crippen LogP) is 2.05. The molecule has 2 rings (SSSR count). The van der Waals surface area contributed by atoms with Gasteiger partial charge in [0.25, 0.3) is 5.69 Å². The summed E-state index contributed by atoms with van der Waals surface area (Å²) in [5.41, 5.74) is -1.59. The van der Waals surface area contributed by atoms with Crippen molar-refractivity contribution >= 4 is 17.3 Å². The molecule has 0 spiro atoms. The number of nitrogens with zero attached hydrogens (tertiary/aromatic N) is 2. The maximum Gasteiger partial charge on any atom is 0.338 e. The third-order valence-corrected chi connectivity index (χ3v) is 3.26. The van der Waals surface area contributed by atoms with Gasteiger partial charge < -0.3 is 14.7 Å². The van der Waals surface area contributed by atoms with Crippen LogP contribution in [0.3, 0.4) is 0 Å². The van der Waals surface area contributed by atoms with Crippen LogP contribution in [0.4, 0.5) is 15.8 Å². The Labute approximate surface area is 120 Å². The third-order valence-electron chi connectivity index (χ3n) is 3.26. The fraction of sp³-hybridized carbons (Fsp3) is 0.462. The quantitative estimate of drug-likeness (QED) is 0.678. The number of hydrogen-bond acceptors (Lipinski definition) is 5. The molecular formula is C13H15FN2O5. The molecule has 0 radical (unpaired) electrons. The Morgan fingerprint density at radius 3 is 2.71 bits per heavy atom. The topological polar surface area (TPSA) is 92.9 Å². The number of nitro benzene ring substituents is 1. The fourth-order valence-electron chi connectivity index (χ4n) is 2.34. The van der Waals surface area contributed by atoms with Gasteiger partial charge in [0.1, 0.15) is 17.1 Å². The van der Waals surface area contributed by atoms with Crippen molar-refractivity contribution in [1.29, 1.82) is 0 Å². The number of carboxylic acids is 1. The van der Waals surface area contributed by atoms with Crippen molar-refractivity contribution in [3.8, 4) is 0 Å². The van der Waals surface area contributed by atoms with Gasteiger partial charge in [-0.1, -0.05) is 0 Å². The van der Waals surface area contributed by atoms with Crippen LogP contribution in [0.1, 0.15) is 24.2 Å². The first-order valence-electron chi connectivity index (χ1n) is 6.31. The van der Waals surface area contributed by atoms with Crippen LogP contribution in [-0.2, 0) is 4.74 Å². The van der Waals surface area contributed by atoms with Crippen LogP contribution in [0, 0.1) is 15.9 Å². The number of carbonyl (C=O) groups is 1. The third kappa shape index (κ3) is 3.10. The lowest BCUT2D eigenvalue weighted by molar-refractivity contribution is -0.384. The lowest BCUT2D eigenvalue weighted by Gasteiger charge is -2.39. The Balaban J connectivity index is 2.50. The van der Waals surface area contributed by atoms with Crippen LogP contribution >= 0.6 is 0 Å². The van der Waals surface area contributed by atoms with Crippen molar-refractivity contribution in [2.75, 3.05) is 24.6 Å². The van der Waals surface area contributed by atoms with Crippen LogP contribution in [0.15, 0.2) is 12.1 Å². The standard InChI is InChI=1S/C13H15FN2O5/c1-13(2)7-15(3-4-21-13)10-6-9(14)8(12(17)18)5-11(10)16(19)20/h5-6H,3-4,7H2,1-2H3,(H,17,18). The summed E-state index contributed by atoms with van der Waals surface area (Å²) >= 11 is 0. The first-order valence-corrected chi connectivity index (χ1v) is 6.31. The van der Waals surface area contributed by atoms with Crippen molar-refractivity contribution in [1.82, 2.24) is 0 Å². The second-order valence-corrected chi connectivity index (χ2v) is 5.41. The Bertz CT molecular complexity index is 602. The maximum atomic E-state index is 13.8. The molecule has 1 N–H and O–H groups in total. The number of halogens is 1. The number of hydrogen-bond donors (Lipinski definition) is 1. The molecule has 0 aromatic heterocycles. The second kappa shape index (κ2) is 5.28. The highest BCUT2D eigenvalue weighted by molar-refractivity contribution is 5.90. The number of carboxylic acid groups (broad SMARTS) is 1. The Morgan fingerprint density at radius 1 is 1.52 bits per heavy atom. The van der Waals surface area contributed by atoms with Gasteiger partial charge in [-0.3, -0.25) is 10.1 Å². The fourth-order valence-corrected chi connectivity index (χ4v) is 2.34. The van der Waals surface area contributed by atoms with E-state index in [0.717, 1.165) is 12.1 Å². The van der Waals surface area contributed by atoms with E-state index in [4.69, 9.17) is 9.84 Å². The van der Waals surface area contributed by atoms with E-state index < -0.39 is 33.6 Å². The highest BCUT2D eigenvalue weighted by Crippen LogP contribution is 2.33. The van der Waals surface area contributed by atoms with Crippen LogP contribution in [0.5, 0.6) is 0 Å². The van der Waals surface area contributed by atoms with Gasteiger partial charge in [0.15, 0.2) is 0 Å².